The van der Waals surface area contributed by atoms with Crippen LogP contribution >= 0.6 is 15.9 Å². The number of nitrogens with one attached hydrogen (secondary N) is 1. The van der Waals surface area contributed by atoms with Gasteiger partial charge < -0.3 is 10.4 Å². The van der Waals surface area contributed by atoms with Gasteiger partial charge in [0.1, 0.15) is 0 Å². The van der Waals surface area contributed by atoms with Crippen molar-refractivity contribution in [3.8, 4) is 6.07 Å². The summed E-state index contributed by atoms with van der Waals surface area (Å²) < 4.78 is 0.609. The zero-order valence-electron chi connectivity index (χ0n) is 11.3. The maximum atomic E-state index is 12.3. The summed E-state index contributed by atoms with van der Waals surface area (Å²) in [7, 11) is 0. The molecule has 0 aromatic heterocycles. The van der Waals surface area contributed by atoms with E-state index in [4.69, 9.17) is 5.26 Å². The van der Waals surface area contributed by atoms with E-state index in [-0.39, 0.29) is 5.91 Å². The molecule has 1 fully saturated rings. The SMILES string of the molecule is N#Cc1ccc(NC(=O)C2CCCCC2C(=O)O)c(Br)c1. The van der Waals surface area contributed by atoms with Gasteiger partial charge >= 0.3 is 5.97 Å². The molecule has 5 nitrogen and oxygen atoms in total. The molecule has 1 aliphatic carbocycles. The average molecular weight is 351 g/mol. The Morgan fingerprint density at radius 3 is 2.52 bits per heavy atom. The highest BCUT2D eigenvalue weighted by molar-refractivity contribution is 9.10. The van der Waals surface area contributed by atoms with E-state index >= 15 is 0 Å². The van der Waals surface area contributed by atoms with Crippen molar-refractivity contribution in [1.82, 2.24) is 0 Å². The molecule has 2 N–H and O–H groups in total. The van der Waals surface area contributed by atoms with Gasteiger partial charge in [0.25, 0.3) is 0 Å². The summed E-state index contributed by atoms with van der Waals surface area (Å²) in [6.45, 7) is 0. The standard InChI is InChI=1S/C15H15BrN2O3/c16-12-7-9(8-17)5-6-13(12)18-14(19)10-3-1-2-4-11(10)15(20)21/h5-7,10-11H,1-4H2,(H,18,19)(H,20,21). The Morgan fingerprint density at radius 2 is 1.95 bits per heavy atom. The molecular weight excluding hydrogens is 336 g/mol. The molecule has 6 heteroatoms. The van der Waals surface area contributed by atoms with Crippen LogP contribution in [0.1, 0.15) is 31.2 Å². The number of carbonyl (C=O) groups excluding carboxylic acids is 1. The molecule has 1 aliphatic rings. The summed E-state index contributed by atoms with van der Waals surface area (Å²) in [6, 6.07) is 6.87. The van der Waals surface area contributed by atoms with Crippen LogP contribution in [0.15, 0.2) is 22.7 Å². The number of anilines is 1. The Labute approximate surface area is 131 Å². The molecule has 0 radical (unpaired) electrons. The van der Waals surface area contributed by atoms with E-state index < -0.39 is 17.8 Å². The minimum Gasteiger partial charge on any atom is -0.481 e. The Morgan fingerprint density at radius 1 is 1.29 bits per heavy atom. The van der Waals surface area contributed by atoms with Crippen LogP contribution in [0.2, 0.25) is 0 Å². The van der Waals surface area contributed by atoms with Crippen LogP contribution in [0, 0.1) is 23.2 Å². The Bertz CT molecular complexity index is 609. The number of aliphatic carboxylic acids is 1. The van der Waals surface area contributed by atoms with Gasteiger partial charge in [-0.05, 0) is 47.0 Å². The number of rotatable bonds is 3. The van der Waals surface area contributed by atoms with E-state index in [0.29, 0.717) is 28.6 Å². The minimum absolute atomic E-state index is 0.271. The fourth-order valence-corrected chi connectivity index (χ4v) is 3.13. The molecule has 0 saturated heterocycles. The number of benzene rings is 1. The van der Waals surface area contributed by atoms with Gasteiger partial charge in [0.05, 0.1) is 29.2 Å². The van der Waals surface area contributed by atoms with Gasteiger partial charge in [0.15, 0.2) is 0 Å². The molecule has 2 unspecified atom stereocenters. The van der Waals surface area contributed by atoms with Crippen molar-refractivity contribution in [2.75, 3.05) is 5.32 Å². The van der Waals surface area contributed by atoms with E-state index in [9.17, 15) is 14.7 Å². The Kier molecular flexibility index (Phi) is 4.97. The van der Waals surface area contributed by atoms with Crippen molar-refractivity contribution in [3.63, 3.8) is 0 Å². The second kappa shape index (κ2) is 6.72. The van der Waals surface area contributed by atoms with Crippen LogP contribution in [-0.2, 0) is 9.59 Å². The number of halogens is 1. The van der Waals surface area contributed by atoms with Crippen LogP contribution in [0.3, 0.4) is 0 Å². The molecular formula is C15H15BrN2O3. The van der Waals surface area contributed by atoms with Gasteiger partial charge in [-0.3, -0.25) is 9.59 Å². The maximum absolute atomic E-state index is 12.3. The average Bonchev–Trinajstić information content (AvgIpc) is 2.49. The Balaban J connectivity index is 2.13. The molecule has 1 aromatic rings. The monoisotopic (exact) mass is 350 g/mol. The molecule has 1 saturated carbocycles. The third-order valence-corrected chi connectivity index (χ3v) is 4.43. The molecule has 0 bridgehead atoms. The van der Waals surface area contributed by atoms with Gasteiger partial charge in [-0.2, -0.15) is 5.26 Å². The first-order valence-electron chi connectivity index (χ1n) is 6.76. The van der Waals surface area contributed by atoms with Gasteiger partial charge in [-0.1, -0.05) is 12.8 Å². The molecule has 1 amide bonds. The van der Waals surface area contributed by atoms with E-state index in [1.165, 1.54) is 0 Å². The zero-order valence-corrected chi connectivity index (χ0v) is 12.9. The first-order valence-corrected chi connectivity index (χ1v) is 7.55. The normalized spacial score (nSPS) is 21.3. The number of carbonyl (C=O) groups is 2. The highest BCUT2D eigenvalue weighted by Crippen LogP contribution is 2.32. The van der Waals surface area contributed by atoms with Gasteiger partial charge in [0.2, 0.25) is 5.91 Å². The van der Waals surface area contributed by atoms with Crippen molar-refractivity contribution in [3.05, 3.63) is 28.2 Å². The first kappa shape index (κ1) is 15.5. The van der Waals surface area contributed by atoms with Crippen LogP contribution in [0.25, 0.3) is 0 Å². The molecule has 21 heavy (non-hydrogen) atoms. The van der Waals surface area contributed by atoms with E-state index in [2.05, 4.69) is 21.2 Å². The fourth-order valence-electron chi connectivity index (χ4n) is 2.65. The predicted molar refractivity (Wildman–Crippen MR) is 80.6 cm³/mol. The Hall–Kier alpha value is -1.87. The number of carboxylic acids is 1. The van der Waals surface area contributed by atoms with E-state index in [0.717, 1.165) is 12.8 Å². The number of carboxylic acid groups (broad SMARTS) is 1. The molecule has 0 heterocycles. The summed E-state index contributed by atoms with van der Waals surface area (Å²) in [5.41, 5.74) is 1.04. The number of hydrogen-bond donors (Lipinski definition) is 2. The van der Waals surface area contributed by atoms with E-state index in [1.54, 1.807) is 18.2 Å². The van der Waals surface area contributed by atoms with Crippen LogP contribution in [-0.4, -0.2) is 17.0 Å². The third kappa shape index (κ3) is 3.61. The summed E-state index contributed by atoms with van der Waals surface area (Å²) in [4.78, 5) is 23.6. The highest BCUT2D eigenvalue weighted by atomic mass is 79.9. The lowest BCUT2D eigenvalue weighted by molar-refractivity contribution is -0.147. The lowest BCUT2D eigenvalue weighted by Gasteiger charge is -2.27. The fraction of sp³-hybridized carbons (Fsp3) is 0.400. The molecule has 2 rings (SSSR count). The smallest absolute Gasteiger partial charge is 0.307 e. The number of nitriles is 1. The quantitative estimate of drug-likeness (QED) is 0.875. The molecule has 110 valence electrons. The number of amides is 1. The van der Waals surface area contributed by atoms with Gasteiger partial charge in [-0.15, -0.1) is 0 Å². The number of nitrogens with zero attached hydrogens (tertiary/aromatic N) is 1. The summed E-state index contributed by atoms with van der Waals surface area (Å²) in [6.07, 6.45) is 2.86. The summed E-state index contributed by atoms with van der Waals surface area (Å²) in [5, 5.41) is 20.8. The topological polar surface area (TPSA) is 90.2 Å². The lowest BCUT2D eigenvalue weighted by Crippen LogP contribution is -2.36. The minimum atomic E-state index is -0.909. The lowest BCUT2D eigenvalue weighted by atomic mass is 9.78. The van der Waals surface area contributed by atoms with Crippen LogP contribution in [0.5, 0.6) is 0 Å². The molecule has 2 atom stereocenters. The second-order valence-electron chi connectivity index (χ2n) is 5.13. The summed E-state index contributed by atoms with van der Waals surface area (Å²) >= 11 is 3.30. The second-order valence-corrected chi connectivity index (χ2v) is 5.99. The van der Waals surface area contributed by atoms with Gasteiger partial charge in [0, 0.05) is 4.47 Å². The zero-order chi connectivity index (χ0) is 15.4. The number of hydrogen-bond acceptors (Lipinski definition) is 3. The molecule has 1 aromatic carbocycles. The molecule has 0 aliphatic heterocycles. The predicted octanol–water partition coefficient (Wildman–Crippen LogP) is 3.15. The molecule has 0 spiro atoms. The highest BCUT2D eigenvalue weighted by Gasteiger charge is 2.35. The van der Waals surface area contributed by atoms with Crippen molar-refractivity contribution in [1.29, 1.82) is 5.26 Å². The third-order valence-electron chi connectivity index (χ3n) is 3.78. The van der Waals surface area contributed by atoms with Crippen molar-refractivity contribution < 1.29 is 14.7 Å². The van der Waals surface area contributed by atoms with E-state index in [1.807, 2.05) is 6.07 Å². The van der Waals surface area contributed by atoms with Crippen LogP contribution < -0.4 is 5.32 Å². The largest absolute Gasteiger partial charge is 0.481 e. The maximum Gasteiger partial charge on any atom is 0.307 e. The van der Waals surface area contributed by atoms with Crippen molar-refractivity contribution in [2.24, 2.45) is 11.8 Å². The van der Waals surface area contributed by atoms with Crippen molar-refractivity contribution >= 4 is 33.5 Å². The van der Waals surface area contributed by atoms with Gasteiger partial charge in [-0.25, -0.2) is 0 Å². The van der Waals surface area contributed by atoms with Crippen LogP contribution in [0.4, 0.5) is 5.69 Å². The first-order chi connectivity index (χ1) is 10.0. The van der Waals surface area contributed by atoms with Crippen molar-refractivity contribution in [2.45, 2.75) is 25.7 Å². The summed E-state index contributed by atoms with van der Waals surface area (Å²) in [5.74, 6) is -2.30.